The van der Waals surface area contributed by atoms with Crippen LogP contribution in [0.3, 0.4) is 0 Å². The van der Waals surface area contributed by atoms with Crippen LogP contribution in [0.2, 0.25) is 0 Å². The third-order valence-electron chi connectivity index (χ3n) is 2.39. The zero-order valence-electron chi connectivity index (χ0n) is 9.59. The first-order valence-electron chi connectivity index (χ1n) is 5.15. The SMILES string of the molecule is CC[C@@H](C[S@@](=N)(=O)CC[C@H](N)C(=O)O)C(=O)O. The summed E-state index contributed by atoms with van der Waals surface area (Å²) in [5.41, 5.74) is 5.22. The minimum Gasteiger partial charge on any atom is -0.481 e. The standard InChI is InChI=1S/C9H18N2O5S/c1-2-6(8(12)13)5-17(11,16)4-3-7(10)9(14)15/h6-7,11H,2-5,10H2,1H3,(H,12,13)(H,14,15)/t6-,7-,17-/m0/s1. The molecule has 0 aromatic rings. The first-order chi connectivity index (χ1) is 7.69. The lowest BCUT2D eigenvalue weighted by Crippen LogP contribution is -2.33. The van der Waals surface area contributed by atoms with Crippen molar-refractivity contribution in [2.24, 2.45) is 11.7 Å². The molecule has 0 saturated carbocycles. The minimum absolute atomic E-state index is 0.0896. The average Bonchev–Trinajstić information content (AvgIpc) is 2.22. The van der Waals surface area contributed by atoms with Crippen molar-refractivity contribution in [1.29, 1.82) is 4.78 Å². The normalized spacial score (nSPS) is 18.0. The van der Waals surface area contributed by atoms with E-state index in [1.807, 2.05) is 0 Å². The molecular formula is C9H18N2O5S. The van der Waals surface area contributed by atoms with Crippen LogP contribution >= 0.6 is 0 Å². The molecule has 0 fully saturated rings. The van der Waals surface area contributed by atoms with E-state index < -0.39 is 33.6 Å². The van der Waals surface area contributed by atoms with Crippen LogP contribution in [0, 0.1) is 10.7 Å². The van der Waals surface area contributed by atoms with Crippen LogP contribution in [0.1, 0.15) is 19.8 Å². The van der Waals surface area contributed by atoms with Crippen molar-refractivity contribution < 1.29 is 24.0 Å². The Balaban J connectivity index is 4.39. The van der Waals surface area contributed by atoms with Crippen LogP contribution in [0.5, 0.6) is 0 Å². The fourth-order valence-corrected chi connectivity index (χ4v) is 3.04. The van der Waals surface area contributed by atoms with Gasteiger partial charge in [-0.3, -0.25) is 14.4 Å². The molecule has 8 heteroatoms. The van der Waals surface area contributed by atoms with Crippen molar-refractivity contribution >= 4 is 21.7 Å². The van der Waals surface area contributed by atoms with Crippen molar-refractivity contribution in [1.82, 2.24) is 0 Å². The predicted octanol–water partition coefficient (Wildman–Crippen LogP) is -0.0540. The van der Waals surface area contributed by atoms with Gasteiger partial charge in [0.2, 0.25) is 0 Å². The summed E-state index contributed by atoms with van der Waals surface area (Å²) in [5.74, 6) is -3.59. The van der Waals surface area contributed by atoms with Crippen molar-refractivity contribution in [3.63, 3.8) is 0 Å². The maximum atomic E-state index is 11.7. The number of rotatable bonds is 8. The van der Waals surface area contributed by atoms with E-state index in [1.54, 1.807) is 6.92 Å². The molecule has 0 aromatic heterocycles. The molecule has 0 aliphatic carbocycles. The molecule has 100 valence electrons. The highest BCUT2D eigenvalue weighted by atomic mass is 32.2. The van der Waals surface area contributed by atoms with Gasteiger partial charge in [0.05, 0.1) is 5.92 Å². The van der Waals surface area contributed by atoms with E-state index in [4.69, 9.17) is 20.7 Å². The van der Waals surface area contributed by atoms with Crippen molar-refractivity contribution in [2.75, 3.05) is 11.5 Å². The summed E-state index contributed by atoms with van der Waals surface area (Å²) < 4.78 is 19.2. The van der Waals surface area contributed by atoms with E-state index in [2.05, 4.69) is 0 Å². The molecule has 0 spiro atoms. The number of hydrogen-bond acceptors (Lipinski definition) is 5. The number of nitrogens with two attached hydrogens (primary N) is 1. The largest absolute Gasteiger partial charge is 0.481 e. The molecule has 0 aromatic carbocycles. The molecule has 0 amide bonds. The van der Waals surface area contributed by atoms with E-state index >= 15 is 0 Å². The van der Waals surface area contributed by atoms with Crippen molar-refractivity contribution in [3.8, 4) is 0 Å². The van der Waals surface area contributed by atoms with Crippen LogP contribution in [-0.4, -0.2) is 43.9 Å². The number of hydrogen-bond donors (Lipinski definition) is 4. The Morgan fingerprint density at radius 1 is 1.35 bits per heavy atom. The van der Waals surface area contributed by atoms with Crippen LogP contribution in [0.25, 0.3) is 0 Å². The predicted molar refractivity (Wildman–Crippen MR) is 62.2 cm³/mol. The maximum absolute atomic E-state index is 11.7. The molecule has 0 unspecified atom stereocenters. The average molecular weight is 266 g/mol. The summed E-state index contributed by atoms with van der Waals surface area (Å²) in [6.45, 7) is 1.64. The number of aliphatic carboxylic acids is 2. The van der Waals surface area contributed by atoms with Gasteiger partial charge in [-0.1, -0.05) is 6.92 Å². The highest BCUT2D eigenvalue weighted by Gasteiger charge is 2.22. The fraction of sp³-hybridized carbons (Fsp3) is 0.778. The quantitative estimate of drug-likeness (QED) is 0.485. The van der Waals surface area contributed by atoms with Crippen LogP contribution in [-0.2, 0) is 19.3 Å². The van der Waals surface area contributed by atoms with Crippen molar-refractivity contribution in [3.05, 3.63) is 0 Å². The van der Waals surface area contributed by atoms with E-state index in [-0.39, 0.29) is 24.3 Å². The molecule has 0 heterocycles. The zero-order valence-corrected chi connectivity index (χ0v) is 10.4. The van der Waals surface area contributed by atoms with Gasteiger partial charge in [-0.2, -0.15) is 0 Å². The minimum atomic E-state index is -3.09. The fourth-order valence-electron chi connectivity index (χ4n) is 1.21. The Kier molecular flexibility index (Phi) is 6.11. The molecule has 7 nitrogen and oxygen atoms in total. The first-order valence-corrected chi connectivity index (χ1v) is 7.04. The van der Waals surface area contributed by atoms with E-state index in [9.17, 15) is 13.8 Å². The highest BCUT2D eigenvalue weighted by Crippen LogP contribution is 2.10. The second-order valence-electron chi connectivity index (χ2n) is 3.86. The zero-order chi connectivity index (χ0) is 13.6. The van der Waals surface area contributed by atoms with Gasteiger partial charge in [0.15, 0.2) is 0 Å². The Hall–Kier alpha value is -1.15. The van der Waals surface area contributed by atoms with Gasteiger partial charge in [-0.05, 0) is 12.8 Å². The summed E-state index contributed by atoms with van der Waals surface area (Å²) in [6, 6.07) is -1.16. The van der Waals surface area contributed by atoms with E-state index in [0.29, 0.717) is 0 Å². The molecule has 0 saturated heterocycles. The summed E-state index contributed by atoms with van der Waals surface area (Å²) in [7, 11) is -3.09. The summed E-state index contributed by atoms with van der Waals surface area (Å²) >= 11 is 0. The second-order valence-corrected chi connectivity index (χ2v) is 6.22. The highest BCUT2D eigenvalue weighted by molar-refractivity contribution is 7.92. The monoisotopic (exact) mass is 266 g/mol. The number of carboxylic acid groups (broad SMARTS) is 2. The number of nitrogens with one attached hydrogen (secondary N) is 1. The van der Waals surface area contributed by atoms with Crippen LogP contribution < -0.4 is 5.73 Å². The third-order valence-corrected chi connectivity index (χ3v) is 4.22. The molecule has 0 bridgehead atoms. The molecule has 0 aliphatic heterocycles. The Labute approximate surface area is 100.0 Å². The van der Waals surface area contributed by atoms with E-state index in [1.165, 1.54) is 0 Å². The van der Waals surface area contributed by atoms with Gasteiger partial charge in [0.25, 0.3) is 0 Å². The van der Waals surface area contributed by atoms with Gasteiger partial charge in [-0.25, -0.2) is 4.21 Å². The summed E-state index contributed by atoms with van der Waals surface area (Å²) in [5, 5.41) is 17.3. The first kappa shape index (κ1) is 15.9. The topological polar surface area (TPSA) is 142 Å². The smallest absolute Gasteiger partial charge is 0.320 e. The Bertz CT molecular complexity index is 379. The molecule has 17 heavy (non-hydrogen) atoms. The van der Waals surface area contributed by atoms with E-state index in [0.717, 1.165) is 0 Å². The molecule has 3 atom stereocenters. The maximum Gasteiger partial charge on any atom is 0.320 e. The van der Waals surface area contributed by atoms with Gasteiger partial charge in [0, 0.05) is 21.2 Å². The summed E-state index contributed by atoms with van der Waals surface area (Å²) in [4.78, 5) is 21.2. The van der Waals surface area contributed by atoms with Gasteiger partial charge in [0.1, 0.15) is 6.04 Å². The Morgan fingerprint density at radius 3 is 2.24 bits per heavy atom. The molecule has 0 radical (unpaired) electrons. The number of carboxylic acids is 2. The van der Waals surface area contributed by atoms with Crippen LogP contribution in [0.15, 0.2) is 0 Å². The van der Waals surface area contributed by atoms with Gasteiger partial charge < -0.3 is 15.9 Å². The van der Waals surface area contributed by atoms with Gasteiger partial charge >= 0.3 is 11.9 Å². The lowest BCUT2D eigenvalue weighted by atomic mass is 10.1. The lowest BCUT2D eigenvalue weighted by Gasteiger charge is -2.13. The Morgan fingerprint density at radius 2 is 1.88 bits per heavy atom. The summed E-state index contributed by atoms with van der Waals surface area (Å²) in [6.07, 6.45) is 0.198. The molecule has 0 rings (SSSR count). The third kappa shape index (κ3) is 6.22. The molecule has 5 N–H and O–H groups in total. The lowest BCUT2D eigenvalue weighted by molar-refractivity contribution is -0.141. The molecule has 0 aliphatic rings. The molecular weight excluding hydrogens is 248 g/mol. The number of carbonyl (C=O) groups is 2. The second kappa shape index (κ2) is 6.55. The van der Waals surface area contributed by atoms with Crippen LogP contribution in [0.4, 0.5) is 0 Å². The van der Waals surface area contributed by atoms with Crippen molar-refractivity contribution in [2.45, 2.75) is 25.8 Å². The van der Waals surface area contributed by atoms with Gasteiger partial charge in [-0.15, -0.1) is 0 Å².